The number of azo groups is 1. The van der Waals surface area contributed by atoms with E-state index in [2.05, 4.69) is 10.2 Å². The molecule has 0 amide bonds. The van der Waals surface area contributed by atoms with Gasteiger partial charge >= 0.3 is 0 Å². The van der Waals surface area contributed by atoms with Crippen molar-refractivity contribution in [3.05, 3.63) is 0 Å². The molecule has 0 fully saturated rings. The van der Waals surface area contributed by atoms with E-state index in [1.807, 2.05) is 0 Å². The molecule has 0 unspecified atom stereocenters. The lowest BCUT2D eigenvalue weighted by atomic mass is 10.3. The quantitative estimate of drug-likeness (QED) is 0.361. The first-order valence-corrected chi connectivity index (χ1v) is 6.09. The Bertz CT molecular complexity index is 188. The van der Waals surface area contributed by atoms with Crippen molar-refractivity contribution in [2.24, 2.45) is 21.7 Å². The number of nitrogens with two attached hydrogens (primary N) is 2. The second-order valence-corrected chi connectivity index (χ2v) is 4.71. The molecule has 0 aromatic rings. The largest absolute Gasteiger partial charge is 0.321 e. The lowest BCUT2D eigenvalue weighted by molar-refractivity contribution is -1.63. The van der Waals surface area contributed by atoms with E-state index in [4.69, 9.17) is 39.4 Å². The number of hydrogen-bond acceptors (Lipinski definition) is 10. The Morgan fingerprint density at radius 2 is 0.889 bits per heavy atom. The summed E-state index contributed by atoms with van der Waals surface area (Å²) in [7, 11) is -5.20. The molecular formula is C6H18Cl2N4O6. The highest BCUT2D eigenvalue weighted by Gasteiger charge is 2.12. The summed E-state index contributed by atoms with van der Waals surface area (Å²) >= 11 is 0. The van der Waals surface area contributed by atoms with Gasteiger partial charge < -0.3 is 30.1 Å². The van der Waals surface area contributed by atoms with Crippen LogP contribution >= 0.6 is 0 Å². The van der Waals surface area contributed by atoms with Crippen LogP contribution in [-0.4, -0.2) is 20.6 Å². The predicted octanol–water partition coefficient (Wildman–Crippen LogP) is -5.04. The van der Waals surface area contributed by atoms with E-state index in [0.29, 0.717) is 0 Å². The average molecular weight is 313 g/mol. The van der Waals surface area contributed by atoms with Crippen LogP contribution < -0.4 is 30.1 Å². The predicted molar refractivity (Wildman–Crippen MR) is 45.8 cm³/mol. The van der Waals surface area contributed by atoms with E-state index >= 15 is 0 Å². The van der Waals surface area contributed by atoms with Gasteiger partial charge in [-0.05, 0) is 27.7 Å². The summed E-state index contributed by atoms with van der Waals surface area (Å²) in [6, 6.07) is 0. The Labute approximate surface area is 111 Å². The van der Waals surface area contributed by atoms with Gasteiger partial charge in [-0.15, -0.1) is 0 Å². The smallest absolute Gasteiger partial charge is 0.282 e. The molecule has 6 N–H and O–H groups in total. The minimum atomic E-state index is -2.60. The van der Waals surface area contributed by atoms with Crippen LogP contribution in [0.5, 0.6) is 0 Å². The molecule has 0 aromatic heterocycles. The summed E-state index contributed by atoms with van der Waals surface area (Å²) in [5, 5.41) is 7.61. The molecule has 0 spiro atoms. The van der Waals surface area contributed by atoms with Crippen molar-refractivity contribution in [2.75, 3.05) is 0 Å². The van der Waals surface area contributed by atoms with E-state index in [1.165, 1.54) is 0 Å². The first-order valence-electron chi connectivity index (χ1n) is 4.18. The molecule has 0 radical (unpaired) electrons. The zero-order valence-corrected chi connectivity index (χ0v) is 11.8. The molecule has 112 valence electrons. The van der Waals surface area contributed by atoms with Crippen molar-refractivity contribution in [3.8, 4) is 0 Å². The normalized spacial score (nSPS) is 12.1. The molecule has 12 heteroatoms. The third-order valence-electron chi connectivity index (χ3n) is 0.565. The van der Waals surface area contributed by atoms with E-state index in [-0.39, 0.29) is 0 Å². The van der Waals surface area contributed by atoms with Crippen LogP contribution in [0.4, 0.5) is 0 Å². The summed E-state index contributed by atoms with van der Waals surface area (Å²) < 4.78 is 47.9. The second-order valence-electron chi connectivity index (χ2n) is 3.91. The number of halogens is 2. The summed E-state index contributed by atoms with van der Waals surface area (Å²) in [5.74, 6) is 0. The van der Waals surface area contributed by atoms with Crippen LogP contribution in [-0.2, 0) is 0 Å². The SMILES string of the molecule is CC(C)(N)/N=N/C(C)(C)N.[O-][Cl+2]([O-])O.[O-][Cl+2]([O-])O. The Morgan fingerprint density at radius 3 is 0.944 bits per heavy atom. The highest BCUT2D eigenvalue weighted by Crippen LogP contribution is 2.05. The standard InChI is InChI=1S/C6H16N4.2ClHO3/c1-5(2,7)9-10-6(3,4)8;2*2-1(3)4/h7-8H2,1-4H3;2*2H/b10-9+;;. The van der Waals surface area contributed by atoms with Gasteiger partial charge in [0.25, 0.3) is 21.6 Å². The molecular weight excluding hydrogens is 295 g/mol. The van der Waals surface area contributed by atoms with Crippen molar-refractivity contribution in [1.82, 2.24) is 0 Å². The fourth-order valence-corrected chi connectivity index (χ4v) is 0.258. The maximum absolute atomic E-state index is 8.52. The van der Waals surface area contributed by atoms with Gasteiger partial charge in [0.05, 0.1) is 0 Å². The molecule has 0 atom stereocenters. The molecule has 0 aliphatic carbocycles. The Balaban J connectivity index is -0.000000233. The zero-order chi connectivity index (χ0) is 15.6. The van der Waals surface area contributed by atoms with Gasteiger partial charge in [0.15, 0.2) is 0 Å². The lowest BCUT2D eigenvalue weighted by Crippen LogP contribution is -2.33. The summed E-state index contributed by atoms with van der Waals surface area (Å²) in [5.41, 5.74) is 9.82. The van der Waals surface area contributed by atoms with Crippen LogP contribution in [0.1, 0.15) is 27.7 Å². The van der Waals surface area contributed by atoms with E-state index in [1.54, 1.807) is 27.7 Å². The number of nitrogens with zero attached hydrogens (tertiary/aromatic N) is 2. The van der Waals surface area contributed by atoms with Gasteiger partial charge in [-0.1, -0.05) is 0 Å². The molecule has 18 heavy (non-hydrogen) atoms. The summed E-state index contributed by atoms with van der Waals surface area (Å²) in [6.07, 6.45) is 0. The summed E-state index contributed by atoms with van der Waals surface area (Å²) in [4.78, 5) is 0. The maximum Gasteiger partial charge on any atom is 0.282 e. The first-order chi connectivity index (χ1) is 7.67. The fourth-order valence-electron chi connectivity index (χ4n) is 0.258. The van der Waals surface area contributed by atoms with Crippen molar-refractivity contribution in [1.29, 1.82) is 0 Å². The minimum Gasteiger partial charge on any atom is -0.321 e. The van der Waals surface area contributed by atoms with Crippen molar-refractivity contribution in [2.45, 2.75) is 39.0 Å². The van der Waals surface area contributed by atoms with E-state index < -0.39 is 32.9 Å². The third kappa shape index (κ3) is 74.4. The van der Waals surface area contributed by atoms with Crippen molar-refractivity contribution in [3.63, 3.8) is 0 Å². The molecule has 0 heterocycles. The average Bonchev–Trinajstić information content (AvgIpc) is 1.95. The third-order valence-corrected chi connectivity index (χ3v) is 0.565. The molecule has 0 aromatic carbocycles. The lowest BCUT2D eigenvalue weighted by Gasteiger charge is -2.15. The highest BCUT2D eigenvalue weighted by molar-refractivity contribution is 4.70. The van der Waals surface area contributed by atoms with Crippen LogP contribution in [0.2, 0.25) is 0 Å². The van der Waals surface area contributed by atoms with E-state index in [9.17, 15) is 0 Å². The van der Waals surface area contributed by atoms with Gasteiger partial charge in [0, 0.05) is 9.32 Å². The van der Waals surface area contributed by atoms with Crippen LogP contribution in [0.15, 0.2) is 10.2 Å². The molecule has 0 rings (SSSR count). The molecule has 0 aliphatic heterocycles. The van der Waals surface area contributed by atoms with Crippen molar-refractivity contribution >= 4 is 0 Å². The topological polar surface area (TPSA) is 209 Å². The molecule has 0 saturated carbocycles. The molecule has 0 aliphatic rings. The molecule has 0 bridgehead atoms. The number of rotatable bonds is 2. The second kappa shape index (κ2) is 10.8. The minimum absolute atomic E-state index is 0.614. The van der Waals surface area contributed by atoms with Gasteiger partial charge in [0.2, 0.25) is 0 Å². The molecule has 0 saturated heterocycles. The van der Waals surface area contributed by atoms with Crippen molar-refractivity contribution < 1.29 is 49.5 Å². The van der Waals surface area contributed by atoms with Crippen LogP contribution in [0.25, 0.3) is 0 Å². The zero-order valence-electron chi connectivity index (χ0n) is 10.3. The van der Waals surface area contributed by atoms with Gasteiger partial charge in [-0.3, -0.25) is 0 Å². The first kappa shape index (κ1) is 23.0. The Morgan fingerprint density at radius 1 is 0.778 bits per heavy atom. The van der Waals surface area contributed by atoms with E-state index in [0.717, 1.165) is 0 Å². The monoisotopic (exact) mass is 312 g/mol. The maximum atomic E-state index is 8.52. The highest BCUT2D eigenvalue weighted by atomic mass is 35.6. The van der Waals surface area contributed by atoms with Gasteiger partial charge in [-0.2, -0.15) is 10.2 Å². The van der Waals surface area contributed by atoms with Crippen LogP contribution in [0.3, 0.4) is 0 Å². The van der Waals surface area contributed by atoms with Gasteiger partial charge in [-0.25, -0.2) is 0 Å². The van der Waals surface area contributed by atoms with Gasteiger partial charge in [0.1, 0.15) is 11.3 Å². The Kier molecular flexibility index (Phi) is 13.7. The molecule has 10 nitrogen and oxygen atoms in total. The van der Waals surface area contributed by atoms with Crippen LogP contribution in [0, 0.1) is 21.6 Å². The number of hydrogen-bond donors (Lipinski definition) is 4. The fraction of sp³-hybridized carbons (Fsp3) is 1.00. The Hall–Kier alpha value is -0.140. The summed E-state index contributed by atoms with van der Waals surface area (Å²) in [6.45, 7) is 7.06.